The van der Waals surface area contributed by atoms with Gasteiger partial charge in [0.15, 0.2) is 0 Å². The molecule has 106 valence electrons. The molecule has 2 heteroatoms. The van der Waals surface area contributed by atoms with Crippen LogP contribution in [0.5, 0.6) is 0 Å². The highest BCUT2D eigenvalue weighted by molar-refractivity contribution is 5.84. The van der Waals surface area contributed by atoms with Crippen LogP contribution < -0.4 is 0 Å². The quantitative estimate of drug-likeness (QED) is 0.446. The number of oxime groups is 1. The first-order chi connectivity index (χ1) is 8.83. The van der Waals surface area contributed by atoms with Gasteiger partial charge >= 0.3 is 0 Å². The molecule has 0 amide bonds. The SMILES string of the molecule is CC1CCCCCCCCCCCC/C(=N\O)C1. The molecule has 18 heavy (non-hydrogen) atoms. The Morgan fingerprint density at radius 3 is 1.89 bits per heavy atom. The van der Waals surface area contributed by atoms with Crippen molar-refractivity contribution in [2.24, 2.45) is 11.1 Å². The minimum Gasteiger partial charge on any atom is -0.411 e. The van der Waals surface area contributed by atoms with Crippen molar-refractivity contribution in [1.29, 1.82) is 0 Å². The topological polar surface area (TPSA) is 32.6 Å². The summed E-state index contributed by atoms with van der Waals surface area (Å²) in [6.07, 6.45) is 16.9. The second kappa shape index (κ2) is 10.4. The zero-order chi connectivity index (χ0) is 13.1. The molecule has 1 aliphatic rings. The predicted octanol–water partition coefficient (Wildman–Crippen LogP) is 5.54. The minimum absolute atomic E-state index is 0.682. The van der Waals surface area contributed by atoms with E-state index in [9.17, 15) is 0 Å². The lowest BCUT2D eigenvalue weighted by Gasteiger charge is -2.12. The van der Waals surface area contributed by atoms with E-state index in [2.05, 4.69) is 12.1 Å². The van der Waals surface area contributed by atoms with Gasteiger partial charge in [-0.1, -0.05) is 76.3 Å². The fraction of sp³-hybridized carbons (Fsp3) is 0.938. The lowest BCUT2D eigenvalue weighted by Crippen LogP contribution is -2.06. The minimum atomic E-state index is 0.682. The summed E-state index contributed by atoms with van der Waals surface area (Å²) >= 11 is 0. The molecule has 1 fully saturated rings. The van der Waals surface area contributed by atoms with Crippen molar-refractivity contribution in [2.45, 2.75) is 90.4 Å². The molecule has 0 spiro atoms. The molecule has 0 aromatic heterocycles. The molecule has 1 aliphatic carbocycles. The highest BCUT2D eigenvalue weighted by Crippen LogP contribution is 2.19. The summed E-state index contributed by atoms with van der Waals surface area (Å²) in [4.78, 5) is 0. The molecule has 1 saturated carbocycles. The predicted molar refractivity (Wildman–Crippen MR) is 78.4 cm³/mol. The van der Waals surface area contributed by atoms with Gasteiger partial charge in [-0.3, -0.25) is 0 Å². The van der Waals surface area contributed by atoms with Gasteiger partial charge in [-0.05, 0) is 25.2 Å². The number of hydrogen-bond donors (Lipinski definition) is 1. The highest BCUT2D eigenvalue weighted by atomic mass is 16.4. The van der Waals surface area contributed by atoms with Crippen molar-refractivity contribution in [3.8, 4) is 0 Å². The Morgan fingerprint density at radius 2 is 1.33 bits per heavy atom. The van der Waals surface area contributed by atoms with Crippen LogP contribution in [0.3, 0.4) is 0 Å². The Labute approximate surface area is 113 Å². The molecule has 0 aromatic rings. The van der Waals surface area contributed by atoms with Crippen LogP contribution >= 0.6 is 0 Å². The lowest BCUT2D eigenvalue weighted by atomic mass is 9.95. The first-order valence-electron chi connectivity index (χ1n) is 8.02. The zero-order valence-electron chi connectivity index (χ0n) is 12.2. The molecule has 1 rings (SSSR count). The summed E-state index contributed by atoms with van der Waals surface area (Å²) in [6.45, 7) is 2.29. The van der Waals surface area contributed by atoms with E-state index < -0.39 is 0 Å². The van der Waals surface area contributed by atoms with Crippen LogP contribution in [0.2, 0.25) is 0 Å². The van der Waals surface area contributed by atoms with E-state index in [-0.39, 0.29) is 0 Å². The molecule has 1 unspecified atom stereocenters. The van der Waals surface area contributed by atoms with Gasteiger partial charge in [0.1, 0.15) is 0 Å². The van der Waals surface area contributed by atoms with E-state index in [0.717, 1.165) is 18.6 Å². The molecule has 0 aromatic carbocycles. The number of rotatable bonds is 0. The molecule has 0 radical (unpaired) electrons. The van der Waals surface area contributed by atoms with Gasteiger partial charge < -0.3 is 5.21 Å². The van der Waals surface area contributed by atoms with E-state index in [1.165, 1.54) is 70.6 Å². The maximum Gasteiger partial charge on any atom is 0.0573 e. The molecule has 0 heterocycles. The second-order valence-electron chi connectivity index (χ2n) is 6.05. The van der Waals surface area contributed by atoms with Gasteiger partial charge in [0.05, 0.1) is 5.71 Å². The van der Waals surface area contributed by atoms with Crippen molar-refractivity contribution >= 4 is 5.71 Å². The third kappa shape index (κ3) is 7.73. The largest absolute Gasteiger partial charge is 0.411 e. The van der Waals surface area contributed by atoms with Crippen LogP contribution in [0.4, 0.5) is 0 Å². The molecule has 0 saturated heterocycles. The molecule has 0 bridgehead atoms. The van der Waals surface area contributed by atoms with Crippen molar-refractivity contribution < 1.29 is 5.21 Å². The van der Waals surface area contributed by atoms with E-state index in [4.69, 9.17) is 5.21 Å². The van der Waals surface area contributed by atoms with Crippen LogP contribution in [0.15, 0.2) is 5.16 Å². The molecule has 2 nitrogen and oxygen atoms in total. The fourth-order valence-electron chi connectivity index (χ4n) is 2.93. The van der Waals surface area contributed by atoms with E-state index >= 15 is 0 Å². The Kier molecular flexibility index (Phi) is 8.97. The second-order valence-corrected chi connectivity index (χ2v) is 6.05. The van der Waals surface area contributed by atoms with Gasteiger partial charge in [-0.2, -0.15) is 0 Å². The monoisotopic (exact) mass is 253 g/mol. The first-order valence-corrected chi connectivity index (χ1v) is 8.02. The molecular weight excluding hydrogens is 222 g/mol. The van der Waals surface area contributed by atoms with Gasteiger partial charge in [0.2, 0.25) is 0 Å². The Morgan fingerprint density at radius 1 is 0.833 bits per heavy atom. The van der Waals surface area contributed by atoms with Crippen molar-refractivity contribution in [3.05, 3.63) is 0 Å². The molecular formula is C16H31NO. The Hall–Kier alpha value is -0.530. The van der Waals surface area contributed by atoms with Gasteiger partial charge in [0.25, 0.3) is 0 Å². The number of nitrogens with zero attached hydrogens (tertiary/aromatic N) is 1. The van der Waals surface area contributed by atoms with Crippen molar-refractivity contribution in [1.82, 2.24) is 0 Å². The van der Waals surface area contributed by atoms with Gasteiger partial charge in [0, 0.05) is 0 Å². The van der Waals surface area contributed by atoms with Crippen LogP contribution in [0.1, 0.15) is 90.4 Å². The van der Waals surface area contributed by atoms with Gasteiger partial charge in [-0.25, -0.2) is 0 Å². The summed E-state index contributed by atoms with van der Waals surface area (Å²) in [7, 11) is 0. The maximum absolute atomic E-state index is 9.05. The van der Waals surface area contributed by atoms with Crippen LogP contribution in [-0.4, -0.2) is 10.9 Å². The smallest absolute Gasteiger partial charge is 0.0573 e. The van der Waals surface area contributed by atoms with Crippen LogP contribution in [-0.2, 0) is 0 Å². The summed E-state index contributed by atoms with van der Waals surface area (Å²) in [5, 5.41) is 12.6. The normalized spacial score (nSPS) is 28.5. The molecule has 1 atom stereocenters. The van der Waals surface area contributed by atoms with E-state index in [1.807, 2.05) is 0 Å². The summed E-state index contributed by atoms with van der Waals surface area (Å²) in [6, 6.07) is 0. The Bertz CT molecular complexity index is 225. The standard InChI is InChI=1S/C16H31NO/c1-15-12-10-8-6-4-2-3-5-7-9-11-13-16(14-15)17-18/h15,18H,2-14H2,1H3/b17-16+. The van der Waals surface area contributed by atoms with Crippen LogP contribution in [0, 0.1) is 5.92 Å². The van der Waals surface area contributed by atoms with Crippen molar-refractivity contribution in [3.63, 3.8) is 0 Å². The van der Waals surface area contributed by atoms with E-state index in [0.29, 0.717) is 5.92 Å². The lowest BCUT2D eigenvalue weighted by molar-refractivity contribution is 0.314. The number of hydrogen-bond acceptors (Lipinski definition) is 2. The van der Waals surface area contributed by atoms with Gasteiger partial charge in [-0.15, -0.1) is 0 Å². The summed E-state index contributed by atoms with van der Waals surface area (Å²) < 4.78 is 0. The third-order valence-corrected chi connectivity index (χ3v) is 4.14. The Balaban J connectivity index is 2.32. The summed E-state index contributed by atoms with van der Waals surface area (Å²) in [5.74, 6) is 0.682. The zero-order valence-corrected chi connectivity index (χ0v) is 12.2. The van der Waals surface area contributed by atoms with Crippen LogP contribution in [0.25, 0.3) is 0 Å². The maximum atomic E-state index is 9.05. The average molecular weight is 253 g/mol. The van der Waals surface area contributed by atoms with E-state index in [1.54, 1.807) is 0 Å². The van der Waals surface area contributed by atoms with Crippen molar-refractivity contribution in [2.75, 3.05) is 0 Å². The average Bonchev–Trinajstić information content (AvgIpc) is 2.38. The summed E-state index contributed by atoms with van der Waals surface area (Å²) in [5.41, 5.74) is 1.03. The third-order valence-electron chi connectivity index (χ3n) is 4.14. The molecule has 1 N–H and O–H groups in total. The highest BCUT2D eigenvalue weighted by Gasteiger charge is 2.08. The molecule has 0 aliphatic heterocycles. The fourth-order valence-corrected chi connectivity index (χ4v) is 2.93. The first kappa shape index (κ1) is 15.5.